The first-order valence-electron chi connectivity index (χ1n) is 6.49. The molecule has 1 heterocycles. The van der Waals surface area contributed by atoms with Crippen LogP contribution in [-0.4, -0.2) is 31.0 Å². The van der Waals surface area contributed by atoms with E-state index in [1.54, 1.807) is 18.2 Å². The maximum atomic E-state index is 12.1. The maximum Gasteiger partial charge on any atom is 0.255 e. The average molecular weight is 284 g/mol. The number of nitrogens with one attached hydrogen (secondary N) is 1. The summed E-state index contributed by atoms with van der Waals surface area (Å²) in [6.07, 6.45) is 1.75. The third-order valence-electron chi connectivity index (χ3n) is 2.88. The van der Waals surface area contributed by atoms with E-state index in [1.807, 2.05) is 6.92 Å². The summed E-state index contributed by atoms with van der Waals surface area (Å²) < 4.78 is 11.0. The summed E-state index contributed by atoms with van der Waals surface area (Å²) >= 11 is 5.86. The molecule has 2 rings (SSSR count). The maximum absolute atomic E-state index is 12.1. The third kappa shape index (κ3) is 3.77. The van der Waals surface area contributed by atoms with Crippen LogP contribution in [0.25, 0.3) is 0 Å². The van der Waals surface area contributed by atoms with Crippen molar-refractivity contribution in [2.45, 2.75) is 25.1 Å². The number of hydrogen-bond acceptors (Lipinski definition) is 3. The highest BCUT2D eigenvalue weighted by Gasteiger charge is 2.19. The molecular formula is C14H18ClNO3. The van der Waals surface area contributed by atoms with E-state index in [0.29, 0.717) is 36.8 Å². The van der Waals surface area contributed by atoms with Crippen molar-refractivity contribution < 1.29 is 14.3 Å². The minimum absolute atomic E-state index is 0.135. The van der Waals surface area contributed by atoms with E-state index in [2.05, 4.69) is 5.32 Å². The summed E-state index contributed by atoms with van der Waals surface area (Å²) in [6.45, 7) is 3.55. The molecule has 1 aromatic rings. The fourth-order valence-corrected chi connectivity index (χ4v) is 2.09. The minimum Gasteiger partial charge on any atom is -0.486 e. The molecule has 1 aliphatic rings. The standard InChI is InChI=1S/C14H18ClNO3/c1-10(15)4-3-7-16-14(17)11-5-2-6-12-13(11)19-9-8-18-12/h2,5-6,10H,3-4,7-9H2,1H3,(H,16,17). The highest BCUT2D eigenvalue weighted by Crippen LogP contribution is 2.33. The second-order valence-electron chi connectivity index (χ2n) is 4.51. The number of rotatable bonds is 5. The van der Waals surface area contributed by atoms with E-state index in [4.69, 9.17) is 21.1 Å². The second kappa shape index (κ2) is 6.66. The quantitative estimate of drug-likeness (QED) is 0.667. The van der Waals surface area contributed by atoms with Gasteiger partial charge in [-0.2, -0.15) is 0 Å². The number of benzene rings is 1. The number of halogens is 1. The topological polar surface area (TPSA) is 47.6 Å². The SMILES string of the molecule is CC(Cl)CCCNC(=O)c1cccc2c1OCCO2. The van der Waals surface area contributed by atoms with Gasteiger partial charge in [-0.15, -0.1) is 11.6 Å². The molecule has 1 atom stereocenters. The Hall–Kier alpha value is -1.42. The van der Waals surface area contributed by atoms with Crippen molar-refractivity contribution in [2.75, 3.05) is 19.8 Å². The first-order chi connectivity index (χ1) is 9.18. The third-order valence-corrected chi connectivity index (χ3v) is 3.09. The Balaban J connectivity index is 1.95. The van der Waals surface area contributed by atoms with Crippen molar-refractivity contribution >= 4 is 17.5 Å². The van der Waals surface area contributed by atoms with Crippen LogP contribution in [0.1, 0.15) is 30.1 Å². The number of alkyl halides is 1. The lowest BCUT2D eigenvalue weighted by atomic mass is 10.1. The van der Waals surface area contributed by atoms with Gasteiger partial charge >= 0.3 is 0 Å². The minimum atomic E-state index is -0.135. The Morgan fingerprint density at radius 2 is 2.21 bits per heavy atom. The summed E-state index contributed by atoms with van der Waals surface area (Å²) in [7, 11) is 0. The van der Waals surface area contributed by atoms with Gasteiger partial charge in [-0.3, -0.25) is 4.79 Å². The monoisotopic (exact) mass is 283 g/mol. The number of carbonyl (C=O) groups is 1. The van der Waals surface area contributed by atoms with Gasteiger partial charge in [-0.25, -0.2) is 0 Å². The largest absolute Gasteiger partial charge is 0.486 e. The van der Waals surface area contributed by atoms with Crippen molar-refractivity contribution in [3.05, 3.63) is 23.8 Å². The summed E-state index contributed by atoms with van der Waals surface area (Å²) in [5.41, 5.74) is 0.524. The molecule has 1 N–H and O–H groups in total. The summed E-state index contributed by atoms with van der Waals surface area (Å²) in [4.78, 5) is 12.1. The van der Waals surface area contributed by atoms with Crippen LogP contribution < -0.4 is 14.8 Å². The molecule has 1 unspecified atom stereocenters. The van der Waals surface area contributed by atoms with Gasteiger partial charge in [-0.05, 0) is 31.9 Å². The molecule has 0 saturated heterocycles. The van der Waals surface area contributed by atoms with Crippen molar-refractivity contribution in [1.29, 1.82) is 0 Å². The van der Waals surface area contributed by atoms with Crippen LogP contribution in [0.5, 0.6) is 11.5 Å². The molecular weight excluding hydrogens is 266 g/mol. The van der Waals surface area contributed by atoms with Crippen molar-refractivity contribution in [1.82, 2.24) is 5.32 Å². The Bertz CT molecular complexity index is 448. The number of fused-ring (bicyclic) bond motifs is 1. The van der Waals surface area contributed by atoms with E-state index >= 15 is 0 Å². The van der Waals surface area contributed by atoms with Crippen LogP contribution >= 0.6 is 11.6 Å². The van der Waals surface area contributed by atoms with Gasteiger partial charge in [0.2, 0.25) is 0 Å². The number of para-hydroxylation sites is 1. The lowest BCUT2D eigenvalue weighted by Crippen LogP contribution is -2.26. The van der Waals surface area contributed by atoms with Crippen LogP contribution in [0, 0.1) is 0 Å². The Labute approximate surface area is 118 Å². The molecule has 0 saturated carbocycles. The molecule has 0 radical (unpaired) electrons. The highest BCUT2D eigenvalue weighted by molar-refractivity contribution is 6.20. The molecule has 4 nitrogen and oxygen atoms in total. The molecule has 5 heteroatoms. The molecule has 104 valence electrons. The van der Waals surface area contributed by atoms with Gasteiger partial charge in [0.25, 0.3) is 5.91 Å². The lowest BCUT2D eigenvalue weighted by molar-refractivity contribution is 0.0942. The van der Waals surface area contributed by atoms with Crippen LogP contribution in [0.3, 0.4) is 0 Å². The van der Waals surface area contributed by atoms with E-state index < -0.39 is 0 Å². The zero-order valence-electron chi connectivity index (χ0n) is 10.9. The van der Waals surface area contributed by atoms with Gasteiger partial charge in [-0.1, -0.05) is 6.07 Å². The fourth-order valence-electron chi connectivity index (χ4n) is 1.93. The van der Waals surface area contributed by atoms with E-state index in [0.717, 1.165) is 12.8 Å². The normalized spacial score (nSPS) is 14.8. The van der Waals surface area contributed by atoms with Crippen LogP contribution in [0.2, 0.25) is 0 Å². The van der Waals surface area contributed by atoms with Gasteiger partial charge in [0, 0.05) is 11.9 Å². The number of amides is 1. The molecule has 19 heavy (non-hydrogen) atoms. The highest BCUT2D eigenvalue weighted by atomic mass is 35.5. The lowest BCUT2D eigenvalue weighted by Gasteiger charge is -2.20. The number of ether oxygens (including phenoxy) is 2. The molecule has 1 aliphatic heterocycles. The number of carbonyl (C=O) groups excluding carboxylic acids is 1. The van der Waals surface area contributed by atoms with Gasteiger partial charge in [0.15, 0.2) is 11.5 Å². The Morgan fingerprint density at radius 3 is 3.00 bits per heavy atom. The van der Waals surface area contributed by atoms with Crippen molar-refractivity contribution in [3.8, 4) is 11.5 Å². The smallest absolute Gasteiger partial charge is 0.255 e. The molecule has 0 bridgehead atoms. The molecule has 0 aromatic heterocycles. The zero-order valence-corrected chi connectivity index (χ0v) is 11.7. The van der Waals surface area contributed by atoms with E-state index in [9.17, 15) is 4.79 Å². The number of hydrogen-bond donors (Lipinski definition) is 1. The predicted molar refractivity (Wildman–Crippen MR) is 74.3 cm³/mol. The molecule has 0 spiro atoms. The fraction of sp³-hybridized carbons (Fsp3) is 0.500. The summed E-state index contributed by atoms with van der Waals surface area (Å²) in [5.74, 6) is 1.04. The summed E-state index contributed by atoms with van der Waals surface area (Å²) in [5, 5.41) is 3.01. The van der Waals surface area contributed by atoms with E-state index in [-0.39, 0.29) is 11.3 Å². The first kappa shape index (κ1) is 14.0. The van der Waals surface area contributed by atoms with Gasteiger partial charge in [0.1, 0.15) is 13.2 Å². The zero-order chi connectivity index (χ0) is 13.7. The predicted octanol–water partition coefficient (Wildman–Crippen LogP) is 2.60. The van der Waals surface area contributed by atoms with Crippen molar-refractivity contribution in [2.24, 2.45) is 0 Å². The van der Waals surface area contributed by atoms with E-state index in [1.165, 1.54) is 0 Å². The molecule has 0 aliphatic carbocycles. The van der Waals surface area contributed by atoms with Crippen LogP contribution in [0.15, 0.2) is 18.2 Å². The average Bonchev–Trinajstić information content (AvgIpc) is 2.42. The molecule has 1 aromatic carbocycles. The molecule has 0 fully saturated rings. The second-order valence-corrected chi connectivity index (χ2v) is 5.25. The van der Waals surface area contributed by atoms with Gasteiger partial charge in [0.05, 0.1) is 5.56 Å². The van der Waals surface area contributed by atoms with Crippen molar-refractivity contribution in [3.63, 3.8) is 0 Å². The molecule has 1 amide bonds. The van der Waals surface area contributed by atoms with Gasteiger partial charge < -0.3 is 14.8 Å². The summed E-state index contributed by atoms with van der Waals surface area (Å²) in [6, 6.07) is 5.34. The van der Waals surface area contributed by atoms with Crippen LogP contribution in [0.4, 0.5) is 0 Å². The van der Waals surface area contributed by atoms with Crippen LogP contribution in [-0.2, 0) is 0 Å². The Kier molecular flexibility index (Phi) is 4.91. The Morgan fingerprint density at radius 1 is 1.42 bits per heavy atom. The first-order valence-corrected chi connectivity index (χ1v) is 6.93.